The Balaban J connectivity index is 1.90. The summed E-state index contributed by atoms with van der Waals surface area (Å²) in [4.78, 5) is 23.2. The molecular formula is C8H10N4O3. The number of hydrogen-bond acceptors (Lipinski definition) is 3. The zero-order valence-electron chi connectivity index (χ0n) is 7.86. The van der Waals surface area contributed by atoms with Crippen molar-refractivity contribution >= 4 is 12.0 Å². The third-order valence-electron chi connectivity index (χ3n) is 2.20. The number of nitrogens with zero attached hydrogens (tertiary/aromatic N) is 2. The Labute approximate surface area is 85.1 Å². The molecule has 80 valence electrons. The summed E-state index contributed by atoms with van der Waals surface area (Å²) in [7, 11) is 0. The number of aliphatic carboxylic acids is 1. The maximum Gasteiger partial charge on any atom is 0.323 e. The molecule has 0 unspecified atom stereocenters. The van der Waals surface area contributed by atoms with E-state index >= 15 is 0 Å². The van der Waals surface area contributed by atoms with Gasteiger partial charge in [-0.15, -0.1) is 0 Å². The van der Waals surface area contributed by atoms with Gasteiger partial charge in [0, 0.05) is 5.56 Å². The van der Waals surface area contributed by atoms with Gasteiger partial charge < -0.3 is 15.3 Å². The van der Waals surface area contributed by atoms with Crippen molar-refractivity contribution in [2.24, 2.45) is 0 Å². The van der Waals surface area contributed by atoms with E-state index in [-0.39, 0.29) is 12.6 Å². The third-order valence-corrected chi connectivity index (χ3v) is 2.20. The van der Waals surface area contributed by atoms with Crippen molar-refractivity contribution in [3.63, 3.8) is 0 Å². The number of aromatic amines is 1. The third kappa shape index (κ3) is 1.90. The van der Waals surface area contributed by atoms with Gasteiger partial charge in [-0.1, -0.05) is 0 Å². The molecule has 1 aliphatic rings. The minimum atomic E-state index is -1.05. The highest BCUT2D eigenvalue weighted by Crippen LogP contribution is 2.19. The molecule has 1 aromatic heterocycles. The predicted molar refractivity (Wildman–Crippen MR) is 48.9 cm³/mol. The minimum absolute atomic E-state index is 0.360. The molecule has 0 radical (unpaired) electrons. The van der Waals surface area contributed by atoms with Gasteiger partial charge in [-0.05, 0) is 0 Å². The second-order valence-corrected chi connectivity index (χ2v) is 3.28. The molecule has 2 amide bonds. The molecule has 1 aliphatic heterocycles. The highest BCUT2D eigenvalue weighted by Gasteiger charge is 2.24. The van der Waals surface area contributed by atoms with Crippen LogP contribution in [-0.2, 0) is 17.9 Å². The molecule has 15 heavy (non-hydrogen) atoms. The van der Waals surface area contributed by atoms with Crippen LogP contribution in [-0.4, -0.2) is 38.7 Å². The normalized spacial score (nSPS) is 13.7. The van der Waals surface area contributed by atoms with Crippen LogP contribution in [0.4, 0.5) is 4.79 Å². The fraction of sp³-hybridized carbons (Fsp3) is 0.375. The van der Waals surface area contributed by atoms with Crippen LogP contribution in [0, 0.1) is 0 Å². The highest BCUT2D eigenvalue weighted by atomic mass is 16.4. The van der Waals surface area contributed by atoms with Crippen molar-refractivity contribution in [3.05, 3.63) is 17.5 Å². The second-order valence-electron chi connectivity index (χ2n) is 3.28. The van der Waals surface area contributed by atoms with Gasteiger partial charge in [0.15, 0.2) is 0 Å². The van der Waals surface area contributed by atoms with E-state index < -0.39 is 5.97 Å². The van der Waals surface area contributed by atoms with Crippen LogP contribution in [0.2, 0.25) is 0 Å². The predicted octanol–water partition coefficient (Wildman–Crippen LogP) is -0.480. The number of amides is 2. The van der Waals surface area contributed by atoms with Gasteiger partial charge in [0.25, 0.3) is 0 Å². The topological polar surface area (TPSA) is 98.3 Å². The molecule has 1 aromatic rings. The lowest BCUT2D eigenvalue weighted by molar-refractivity contribution is -0.135. The molecule has 0 aromatic carbocycles. The number of nitrogens with one attached hydrogen (secondary N) is 2. The number of urea groups is 1. The summed E-state index contributed by atoms with van der Waals surface area (Å²) in [5.74, 6) is -1.05. The molecule has 7 heteroatoms. The summed E-state index contributed by atoms with van der Waals surface area (Å²) in [6, 6.07) is -0.373. The Morgan fingerprint density at radius 1 is 1.60 bits per heavy atom. The van der Waals surface area contributed by atoms with Crippen molar-refractivity contribution in [2.45, 2.75) is 13.1 Å². The molecule has 7 nitrogen and oxygen atoms in total. The van der Waals surface area contributed by atoms with Crippen molar-refractivity contribution < 1.29 is 14.7 Å². The maximum absolute atomic E-state index is 11.4. The molecule has 2 rings (SSSR count). The Hall–Kier alpha value is -2.05. The van der Waals surface area contributed by atoms with Gasteiger partial charge in [0.05, 0.1) is 25.0 Å². The van der Waals surface area contributed by atoms with E-state index in [1.807, 2.05) is 0 Å². The van der Waals surface area contributed by atoms with E-state index in [0.717, 1.165) is 11.3 Å². The zero-order chi connectivity index (χ0) is 10.8. The summed E-state index contributed by atoms with van der Waals surface area (Å²) in [6.45, 7) is 0.555. The molecule has 0 saturated heterocycles. The maximum atomic E-state index is 11.4. The Morgan fingerprint density at radius 3 is 3.07 bits per heavy atom. The molecule has 0 spiro atoms. The van der Waals surface area contributed by atoms with E-state index in [9.17, 15) is 9.59 Å². The van der Waals surface area contributed by atoms with Gasteiger partial charge >= 0.3 is 12.0 Å². The lowest BCUT2D eigenvalue weighted by Crippen LogP contribution is -2.39. The van der Waals surface area contributed by atoms with E-state index in [2.05, 4.69) is 15.5 Å². The number of carboxylic acids is 1. The molecule has 0 aliphatic carbocycles. The van der Waals surface area contributed by atoms with E-state index in [1.165, 1.54) is 4.90 Å². The number of rotatable bonds is 2. The number of aromatic nitrogens is 2. The van der Waals surface area contributed by atoms with Crippen molar-refractivity contribution in [2.75, 3.05) is 6.54 Å². The number of H-pyrrole nitrogens is 1. The molecule has 3 N–H and O–H groups in total. The molecule has 0 fully saturated rings. The first kappa shape index (κ1) is 9.50. The first-order chi connectivity index (χ1) is 7.16. The number of carboxylic acid groups (broad SMARTS) is 1. The van der Waals surface area contributed by atoms with Gasteiger partial charge in [0.1, 0.15) is 6.54 Å². The number of carbonyl (C=O) groups excluding carboxylic acids is 1. The highest BCUT2D eigenvalue weighted by molar-refractivity contribution is 5.80. The lowest BCUT2D eigenvalue weighted by atomic mass is 10.3. The monoisotopic (exact) mass is 210 g/mol. The standard InChI is InChI=1S/C8H10N4O3/c13-7(14)2-9-8(15)12-3-5-1-10-11-6(5)4-12/h1H,2-4H2,(H,9,15)(H,10,11)(H,13,14). The van der Waals surface area contributed by atoms with Crippen LogP contribution in [0.25, 0.3) is 0 Å². The summed E-state index contributed by atoms with van der Waals surface area (Å²) >= 11 is 0. The van der Waals surface area contributed by atoms with E-state index in [0.29, 0.717) is 13.1 Å². The summed E-state index contributed by atoms with van der Waals surface area (Å²) in [6.07, 6.45) is 1.67. The Kier molecular flexibility index (Phi) is 2.28. The number of hydrogen-bond donors (Lipinski definition) is 3. The lowest BCUT2D eigenvalue weighted by Gasteiger charge is -2.15. The number of fused-ring (bicyclic) bond motifs is 1. The van der Waals surface area contributed by atoms with Crippen LogP contribution in [0.1, 0.15) is 11.3 Å². The Bertz CT molecular complexity index is 380. The molecule has 0 bridgehead atoms. The second kappa shape index (κ2) is 3.60. The molecule has 0 atom stereocenters. The van der Waals surface area contributed by atoms with Gasteiger partial charge in [-0.25, -0.2) is 4.79 Å². The van der Waals surface area contributed by atoms with Crippen LogP contribution < -0.4 is 5.32 Å². The van der Waals surface area contributed by atoms with Crippen molar-refractivity contribution in [1.82, 2.24) is 20.4 Å². The Morgan fingerprint density at radius 2 is 2.40 bits per heavy atom. The SMILES string of the molecule is O=C(O)CNC(=O)N1Cc2cn[nH]c2C1. The summed E-state index contributed by atoms with van der Waals surface area (Å²) in [5.41, 5.74) is 1.88. The average Bonchev–Trinajstić information content (AvgIpc) is 2.72. The van der Waals surface area contributed by atoms with Crippen LogP contribution >= 0.6 is 0 Å². The van der Waals surface area contributed by atoms with Crippen LogP contribution in [0.5, 0.6) is 0 Å². The van der Waals surface area contributed by atoms with Gasteiger partial charge in [0.2, 0.25) is 0 Å². The average molecular weight is 210 g/mol. The first-order valence-electron chi connectivity index (χ1n) is 4.42. The number of carbonyl (C=O) groups is 2. The summed E-state index contributed by atoms with van der Waals surface area (Å²) in [5, 5.41) is 17.3. The van der Waals surface area contributed by atoms with Crippen molar-refractivity contribution in [1.29, 1.82) is 0 Å². The van der Waals surface area contributed by atoms with Crippen LogP contribution in [0.15, 0.2) is 6.20 Å². The fourth-order valence-electron chi connectivity index (χ4n) is 1.47. The summed E-state index contributed by atoms with van der Waals surface area (Å²) < 4.78 is 0. The first-order valence-corrected chi connectivity index (χ1v) is 4.42. The molecular weight excluding hydrogens is 200 g/mol. The van der Waals surface area contributed by atoms with Gasteiger partial charge in [-0.2, -0.15) is 5.10 Å². The fourth-order valence-corrected chi connectivity index (χ4v) is 1.47. The van der Waals surface area contributed by atoms with Crippen LogP contribution in [0.3, 0.4) is 0 Å². The van der Waals surface area contributed by atoms with Gasteiger partial charge in [-0.3, -0.25) is 9.89 Å². The smallest absolute Gasteiger partial charge is 0.323 e. The van der Waals surface area contributed by atoms with E-state index in [4.69, 9.17) is 5.11 Å². The van der Waals surface area contributed by atoms with E-state index in [1.54, 1.807) is 6.20 Å². The quantitative estimate of drug-likeness (QED) is 0.614. The largest absolute Gasteiger partial charge is 0.480 e. The zero-order valence-corrected chi connectivity index (χ0v) is 7.86. The minimum Gasteiger partial charge on any atom is -0.480 e. The molecule has 2 heterocycles. The molecule has 0 saturated carbocycles. The van der Waals surface area contributed by atoms with Crippen molar-refractivity contribution in [3.8, 4) is 0 Å².